The third kappa shape index (κ3) is 4.63. The van der Waals surface area contributed by atoms with Gasteiger partial charge in [-0.3, -0.25) is 9.69 Å². The van der Waals surface area contributed by atoms with Gasteiger partial charge in [0.05, 0.1) is 16.8 Å². The summed E-state index contributed by atoms with van der Waals surface area (Å²) in [5, 5.41) is 0.693. The van der Waals surface area contributed by atoms with Gasteiger partial charge in [0.1, 0.15) is 5.75 Å². The molecule has 0 aliphatic heterocycles. The summed E-state index contributed by atoms with van der Waals surface area (Å²) < 4.78 is 6.80. The molecule has 0 atom stereocenters. The number of ether oxygens (including phenoxy) is 1. The Morgan fingerprint density at radius 3 is 2.41 bits per heavy atom. The van der Waals surface area contributed by atoms with E-state index in [0.717, 1.165) is 22.2 Å². The van der Waals surface area contributed by atoms with Crippen LogP contribution in [0.3, 0.4) is 0 Å². The van der Waals surface area contributed by atoms with Gasteiger partial charge in [-0.2, -0.15) is 0 Å². The number of carbonyl (C=O) groups excluding carboxylic acids is 1. The van der Waals surface area contributed by atoms with Crippen molar-refractivity contribution in [2.24, 2.45) is 0 Å². The minimum Gasteiger partial charge on any atom is -0.484 e. The Morgan fingerprint density at radius 1 is 0.966 bits per heavy atom. The van der Waals surface area contributed by atoms with Gasteiger partial charge in [0, 0.05) is 0 Å². The fourth-order valence-corrected chi connectivity index (χ4v) is 4.11. The monoisotopic (exact) mass is 402 g/mol. The lowest BCUT2D eigenvalue weighted by Crippen LogP contribution is -2.34. The van der Waals surface area contributed by atoms with Gasteiger partial charge in [0.15, 0.2) is 11.7 Å². The average molecular weight is 403 g/mol. The molecule has 0 unspecified atom stereocenters. The molecule has 0 saturated heterocycles. The number of amides is 1. The molecule has 3 aromatic carbocycles. The number of thiazole rings is 1. The molecule has 0 bridgehead atoms. The maximum Gasteiger partial charge on any atom is 0.267 e. The third-order valence-electron chi connectivity index (χ3n) is 4.67. The summed E-state index contributed by atoms with van der Waals surface area (Å²) in [6.45, 7) is 2.56. The molecule has 4 aromatic rings. The Labute approximate surface area is 174 Å². The Bertz CT molecular complexity index is 1090. The standard InChI is InChI=1S/C24H22N2O2S/c1-2-18-13-14-21-22(15-18)29-24(25-21)26(16-19-9-5-3-6-10-19)23(27)17-28-20-11-7-4-8-12-20/h3-15H,2,16-17H2,1H3. The van der Waals surface area contributed by atoms with E-state index in [4.69, 9.17) is 9.72 Å². The quantitative estimate of drug-likeness (QED) is 0.412. The van der Waals surface area contributed by atoms with E-state index in [1.165, 1.54) is 5.56 Å². The molecule has 0 radical (unpaired) electrons. The SMILES string of the molecule is CCc1ccc2nc(N(Cc3ccccc3)C(=O)COc3ccccc3)sc2c1. The number of para-hydroxylation sites is 1. The van der Waals surface area contributed by atoms with Crippen LogP contribution in [-0.2, 0) is 17.8 Å². The number of fused-ring (bicyclic) bond motifs is 1. The number of hydrogen-bond donors (Lipinski definition) is 0. The van der Waals surface area contributed by atoms with Crippen LogP contribution in [0.25, 0.3) is 10.2 Å². The zero-order valence-corrected chi connectivity index (χ0v) is 17.1. The molecule has 0 aliphatic carbocycles. The van der Waals surface area contributed by atoms with Gasteiger partial charge < -0.3 is 4.74 Å². The van der Waals surface area contributed by atoms with Gasteiger partial charge in [-0.05, 0) is 41.8 Å². The van der Waals surface area contributed by atoms with Crippen molar-refractivity contribution in [2.45, 2.75) is 19.9 Å². The fourth-order valence-electron chi connectivity index (χ4n) is 3.06. The smallest absolute Gasteiger partial charge is 0.267 e. The second-order valence-corrected chi connectivity index (χ2v) is 7.73. The molecule has 29 heavy (non-hydrogen) atoms. The first-order valence-corrected chi connectivity index (χ1v) is 10.5. The van der Waals surface area contributed by atoms with Crippen LogP contribution >= 0.6 is 11.3 Å². The van der Waals surface area contributed by atoms with Crippen molar-refractivity contribution >= 4 is 32.6 Å². The van der Waals surface area contributed by atoms with E-state index in [1.54, 1.807) is 16.2 Å². The second kappa shape index (κ2) is 8.88. The number of aromatic nitrogens is 1. The van der Waals surface area contributed by atoms with Crippen molar-refractivity contribution in [3.8, 4) is 5.75 Å². The van der Waals surface area contributed by atoms with Crippen molar-refractivity contribution in [3.63, 3.8) is 0 Å². The Hall–Kier alpha value is -3.18. The summed E-state index contributed by atoms with van der Waals surface area (Å²) in [7, 11) is 0. The maximum atomic E-state index is 13.1. The van der Waals surface area contributed by atoms with E-state index in [1.807, 2.05) is 66.7 Å². The van der Waals surface area contributed by atoms with Crippen molar-refractivity contribution in [1.82, 2.24) is 4.98 Å². The highest BCUT2D eigenvalue weighted by Gasteiger charge is 2.21. The van der Waals surface area contributed by atoms with Crippen LogP contribution in [0.2, 0.25) is 0 Å². The number of anilines is 1. The van der Waals surface area contributed by atoms with E-state index in [0.29, 0.717) is 17.4 Å². The summed E-state index contributed by atoms with van der Waals surface area (Å²) in [5.41, 5.74) is 3.23. The zero-order chi connectivity index (χ0) is 20.1. The second-order valence-electron chi connectivity index (χ2n) is 6.72. The fraction of sp³-hybridized carbons (Fsp3) is 0.167. The predicted molar refractivity (Wildman–Crippen MR) is 119 cm³/mol. The minimum atomic E-state index is -0.118. The predicted octanol–water partition coefficient (Wildman–Crippen LogP) is 5.47. The van der Waals surface area contributed by atoms with Gasteiger partial charge in [-0.1, -0.05) is 72.9 Å². The van der Waals surface area contributed by atoms with E-state index in [2.05, 4.69) is 19.1 Å². The van der Waals surface area contributed by atoms with Crippen LogP contribution in [0.4, 0.5) is 5.13 Å². The highest BCUT2D eigenvalue weighted by molar-refractivity contribution is 7.22. The Balaban J connectivity index is 1.61. The summed E-state index contributed by atoms with van der Waals surface area (Å²) >= 11 is 1.54. The lowest BCUT2D eigenvalue weighted by Gasteiger charge is -2.20. The van der Waals surface area contributed by atoms with E-state index >= 15 is 0 Å². The van der Waals surface area contributed by atoms with Crippen molar-refractivity contribution in [2.75, 3.05) is 11.5 Å². The molecule has 1 heterocycles. The first kappa shape index (κ1) is 19.2. The summed E-state index contributed by atoms with van der Waals surface area (Å²) in [6, 6.07) is 25.6. The highest BCUT2D eigenvalue weighted by Crippen LogP contribution is 2.31. The normalized spacial score (nSPS) is 10.8. The van der Waals surface area contributed by atoms with Crippen molar-refractivity contribution in [3.05, 3.63) is 90.0 Å². The van der Waals surface area contributed by atoms with Crippen LogP contribution < -0.4 is 9.64 Å². The van der Waals surface area contributed by atoms with E-state index < -0.39 is 0 Å². The summed E-state index contributed by atoms with van der Waals surface area (Å²) in [5.74, 6) is 0.560. The molecule has 1 amide bonds. The Kier molecular flexibility index (Phi) is 5.86. The molecule has 146 valence electrons. The molecule has 0 N–H and O–H groups in total. The lowest BCUT2D eigenvalue weighted by molar-refractivity contribution is -0.120. The number of nitrogens with zero attached hydrogens (tertiary/aromatic N) is 2. The van der Waals surface area contributed by atoms with Gasteiger partial charge in [0.25, 0.3) is 5.91 Å². The van der Waals surface area contributed by atoms with Gasteiger partial charge >= 0.3 is 0 Å². The number of aryl methyl sites for hydroxylation is 1. The van der Waals surface area contributed by atoms with Crippen LogP contribution in [0.15, 0.2) is 78.9 Å². The molecule has 1 aromatic heterocycles. The third-order valence-corrected chi connectivity index (χ3v) is 5.71. The molecule has 4 rings (SSSR count). The molecular weight excluding hydrogens is 380 g/mol. The minimum absolute atomic E-state index is 0.0347. The number of benzene rings is 3. The lowest BCUT2D eigenvalue weighted by atomic mass is 10.2. The van der Waals surface area contributed by atoms with Crippen LogP contribution in [0, 0.1) is 0 Å². The number of rotatable bonds is 7. The van der Waals surface area contributed by atoms with Crippen LogP contribution in [0.1, 0.15) is 18.1 Å². The van der Waals surface area contributed by atoms with Crippen molar-refractivity contribution in [1.29, 1.82) is 0 Å². The molecule has 0 fully saturated rings. The maximum absolute atomic E-state index is 13.1. The summed E-state index contributed by atoms with van der Waals surface area (Å²) in [4.78, 5) is 19.5. The topological polar surface area (TPSA) is 42.4 Å². The van der Waals surface area contributed by atoms with Crippen molar-refractivity contribution < 1.29 is 9.53 Å². The molecule has 5 heteroatoms. The first-order chi connectivity index (χ1) is 14.2. The van der Waals surface area contributed by atoms with E-state index in [9.17, 15) is 4.79 Å². The van der Waals surface area contributed by atoms with Crippen LogP contribution in [0.5, 0.6) is 5.75 Å². The molecule has 0 saturated carbocycles. The molecular formula is C24H22N2O2S. The highest BCUT2D eigenvalue weighted by atomic mass is 32.1. The van der Waals surface area contributed by atoms with Gasteiger partial charge in [-0.15, -0.1) is 0 Å². The summed E-state index contributed by atoms with van der Waals surface area (Å²) in [6.07, 6.45) is 0.973. The average Bonchev–Trinajstić information content (AvgIpc) is 3.20. The number of hydrogen-bond acceptors (Lipinski definition) is 4. The Morgan fingerprint density at radius 2 is 1.69 bits per heavy atom. The first-order valence-electron chi connectivity index (χ1n) is 9.64. The van der Waals surface area contributed by atoms with E-state index in [-0.39, 0.29) is 12.5 Å². The van der Waals surface area contributed by atoms with Gasteiger partial charge in [-0.25, -0.2) is 4.98 Å². The molecule has 4 nitrogen and oxygen atoms in total. The molecule has 0 spiro atoms. The van der Waals surface area contributed by atoms with Gasteiger partial charge in [0.2, 0.25) is 0 Å². The zero-order valence-electron chi connectivity index (χ0n) is 16.2. The molecule has 0 aliphatic rings. The number of carbonyl (C=O) groups is 1. The largest absolute Gasteiger partial charge is 0.484 e. The van der Waals surface area contributed by atoms with Crippen LogP contribution in [-0.4, -0.2) is 17.5 Å².